The summed E-state index contributed by atoms with van der Waals surface area (Å²) in [5.74, 6) is 0.120. The number of benzene rings is 1. The minimum atomic E-state index is -0.962. The number of aryl methyl sites for hydroxylation is 1. The van der Waals surface area contributed by atoms with Crippen molar-refractivity contribution in [1.82, 2.24) is 4.90 Å². The van der Waals surface area contributed by atoms with Gasteiger partial charge in [0.05, 0.1) is 6.54 Å². The van der Waals surface area contributed by atoms with Crippen LogP contribution in [0, 0.1) is 6.92 Å². The van der Waals surface area contributed by atoms with Gasteiger partial charge in [0.1, 0.15) is 17.1 Å². The number of nitrogens with zero attached hydrogens (tertiary/aromatic N) is 1. The molecule has 0 aliphatic rings. The second-order valence-corrected chi connectivity index (χ2v) is 5.57. The van der Waals surface area contributed by atoms with Crippen LogP contribution >= 0.6 is 11.6 Å². The molecule has 0 bridgehead atoms. The van der Waals surface area contributed by atoms with Crippen molar-refractivity contribution in [3.63, 3.8) is 0 Å². The van der Waals surface area contributed by atoms with Gasteiger partial charge in [-0.2, -0.15) is 0 Å². The molecule has 112 valence electrons. The monoisotopic (exact) mass is 307 g/mol. The first-order chi connectivity index (χ1) is 9.88. The lowest BCUT2D eigenvalue weighted by molar-refractivity contribution is 0.0695. The molecule has 2 rings (SSSR count). The van der Waals surface area contributed by atoms with Crippen molar-refractivity contribution in [2.45, 2.75) is 26.4 Å². The topological polar surface area (TPSA) is 53.7 Å². The van der Waals surface area contributed by atoms with E-state index >= 15 is 0 Å². The Morgan fingerprint density at radius 1 is 1.38 bits per heavy atom. The number of carboxylic acid groups (broad SMARTS) is 1. The molecule has 0 saturated heterocycles. The summed E-state index contributed by atoms with van der Waals surface area (Å²) in [6, 6.07) is 9.45. The summed E-state index contributed by atoms with van der Waals surface area (Å²) in [4.78, 5) is 13.1. The van der Waals surface area contributed by atoms with Gasteiger partial charge in [-0.3, -0.25) is 4.90 Å². The molecule has 1 aromatic heterocycles. The molecule has 0 spiro atoms. The van der Waals surface area contributed by atoms with Gasteiger partial charge in [0.25, 0.3) is 0 Å². The van der Waals surface area contributed by atoms with Gasteiger partial charge < -0.3 is 9.52 Å². The fourth-order valence-electron chi connectivity index (χ4n) is 2.21. The summed E-state index contributed by atoms with van der Waals surface area (Å²) < 4.78 is 5.51. The molecule has 2 aromatic rings. The zero-order valence-electron chi connectivity index (χ0n) is 12.3. The van der Waals surface area contributed by atoms with Gasteiger partial charge in [-0.05, 0) is 44.7 Å². The zero-order valence-corrected chi connectivity index (χ0v) is 13.0. The van der Waals surface area contributed by atoms with Crippen LogP contribution in [0.2, 0.25) is 5.02 Å². The summed E-state index contributed by atoms with van der Waals surface area (Å²) in [7, 11) is 1.97. The van der Waals surface area contributed by atoms with Crippen LogP contribution in [0.25, 0.3) is 0 Å². The van der Waals surface area contributed by atoms with Crippen molar-refractivity contribution in [3.8, 4) is 0 Å². The Morgan fingerprint density at radius 2 is 2.00 bits per heavy atom. The summed E-state index contributed by atoms with van der Waals surface area (Å²) in [5, 5.41) is 9.75. The Hall–Kier alpha value is -1.78. The number of hydrogen-bond acceptors (Lipinski definition) is 3. The molecule has 0 radical (unpaired) electrons. The molecule has 0 saturated carbocycles. The predicted molar refractivity (Wildman–Crippen MR) is 81.7 cm³/mol. The van der Waals surface area contributed by atoms with Crippen LogP contribution in [0.15, 0.2) is 34.7 Å². The molecule has 0 amide bonds. The standard InChI is InChI=1S/C16H18ClNO3/c1-10(12-4-6-13(17)7-5-12)18(3)9-14-8-15(16(19)20)11(2)21-14/h4-8,10H,9H2,1-3H3,(H,19,20). The minimum Gasteiger partial charge on any atom is -0.478 e. The fourth-order valence-corrected chi connectivity index (χ4v) is 2.34. The highest BCUT2D eigenvalue weighted by Crippen LogP contribution is 2.24. The van der Waals surface area contributed by atoms with Crippen LogP contribution in [0.5, 0.6) is 0 Å². The van der Waals surface area contributed by atoms with Crippen LogP contribution in [0.3, 0.4) is 0 Å². The highest BCUT2D eigenvalue weighted by molar-refractivity contribution is 6.30. The van der Waals surface area contributed by atoms with E-state index in [1.54, 1.807) is 13.0 Å². The number of rotatable bonds is 5. The fraction of sp³-hybridized carbons (Fsp3) is 0.312. The first-order valence-electron chi connectivity index (χ1n) is 6.66. The first kappa shape index (κ1) is 15.6. The van der Waals surface area contributed by atoms with E-state index in [-0.39, 0.29) is 11.6 Å². The molecule has 0 aliphatic heterocycles. The van der Waals surface area contributed by atoms with Gasteiger partial charge in [-0.25, -0.2) is 4.79 Å². The largest absolute Gasteiger partial charge is 0.478 e. The van der Waals surface area contributed by atoms with Crippen LogP contribution in [-0.4, -0.2) is 23.0 Å². The molecule has 21 heavy (non-hydrogen) atoms. The van der Waals surface area contributed by atoms with Gasteiger partial charge >= 0.3 is 5.97 Å². The number of furan rings is 1. The molecule has 1 N–H and O–H groups in total. The molecule has 1 aromatic carbocycles. The lowest BCUT2D eigenvalue weighted by atomic mass is 10.1. The second-order valence-electron chi connectivity index (χ2n) is 5.13. The van der Waals surface area contributed by atoms with Crippen molar-refractivity contribution >= 4 is 17.6 Å². The van der Waals surface area contributed by atoms with Crippen LogP contribution < -0.4 is 0 Å². The van der Waals surface area contributed by atoms with Crippen LogP contribution in [0.4, 0.5) is 0 Å². The van der Waals surface area contributed by atoms with E-state index in [0.29, 0.717) is 23.1 Å². The average Bonchev–Trinajstić information content (AvgIpc) is 2.79. The van der Waals surface area contributed by atoms with Crippen LogP contribution in [0.1, 0.15) is 40.4 Å². The maximum Gasteiger partial charge on any atom is 0.339 e. The van der Waals surface area contributed by atoms with E-state index in [0.717, 1.165) is 5.56 Å². The molecule has 5 heteroatoms. The Kier molecular flexibility index (Phi) is 4.70. The Morgan fingerprint density at radius 3 is 2.52 bits per heavy atom. The van der Waals surface area contributed by atoms with E-state index < -0.39 is 5.97 Å². The molecule has 0 fully saturated rings. The Labute approximate surface area is 128 Å². The summed E-state index contributed by atoms with van der Waals surface area (Å²) in [6.07, 6.45) is 0. The Bertz CT molecular complexity index is 633. The average molecular weight is 308 g/mol. The van der Waals surface area contributed by atoms with E-state index in [9.17, 15) is 4.79 Å². The normalized spacial score (nSPS) is 12.6. The maximum atomic E-state index is 11.0. The summed E-state index contributed by atoms with van der Waals surface area (Å²) >= 11 is 5.89. The van der Waals surface area contributed by atoms with Gasteiger partial charge in [0, 0.05) is 11.1 Å². The van der Waals surface area contributed by atoms with Gasteiger partial charge in [-0.1, -0.05) is 23.7 Å². The number of aromatic carboxylic acids is 1. The van der Waals surface area contributed by atoms with Crippen LogP contribution in [-0.2, 0) is 6.54 Å². The maximum absolute atomic E-state index is 11.0. The van der Waals surface area contributed by atoms with Crippen molar-refractivity contribution in [1.29, 1.82) is 0 Å². The SMILES string of the molecule is Cc1oc(CN(C)C(C)c2ccc(Cl)cc2)cc1C(=O)O. The summed E-state index contributed by atoms with van der Waals surface area (Å²) in [5.41, 5.74) is 1.36. The van der Waals surface area contributed by atoms with Gasteiger partial charge in [0.15, 0.2) is 0 Å². The third-order valence-electron chi connectivity index (χ3n) is 3.62. The summed E-state index contributed by atoms with van der Waals surface area (Å²) in [6.45, 7) is 4.28. The highest BCUT2D eigenvalue weighted by atomic mass is 35.5. The van der Waals surface area contributed by atoms with E-state index in [1.807, 2.05) is 31.3 Å². The Balaban J connectivity index is 2.10. The lowest BCUT2D eigenvalue weighted by Crippen LogP contribution is -2.21. The minimum absolute atomic E-state index is 0.168. The third-order valence-corrected chi connectivity index (χ3v) is 3.87. The number of hydrogen-bond donors (Lipinski definition) is 1. The van der Waals surface area contributed by atoms with E-state index in [4.69, 9.17) is 21.1 Å². The van der Waals surface area contributed by atoms with Crippen molar-refractivity contribution < 1.29 is 14.3 Å². The van der Waals surface area contributed by atoms with Gasteiger partial charge in [0.2, 0.25) is 0 Å². The van der Waals surface area contributed by atoms with Crippen molar-refractivity contribution in [2.75, 3.05) is 7.05 Å². The third kappa shape index (κ3) is 3.65. The smallest absolute Gasteiger partial charge is 0.339 e. The number of carboxylic acids is 1. The van der Waals surface area contributed by atoms with Crippen molar-refractivity contribution in [3.05, 3.63) is 58.0 Å². The molecule has 0 aliphatic carbocycles. The zero-order chi connectivity index (χ0) is 15.6. The highest BCUT2D eigenvalue weighted by Gasteiger charge is 2.17. The second kappa shape index (κ2) is 6.33. The number of carbonyl (C=O) groups is 1. The van der Waals surface area contributed by atoms with Crippen molar-refractivity contribution in [2.24, 2.45) is 0 Å². The van der Waals surface area contributed by atoms with E-state index in [1.165, 1.54) is 0 Å². The predicted octanol–water partition coefficient (Wildman–Crippen LogP) is 4.13. The lowest BCUT2D eigenvalue weighted by Gasteiger charge is -2.24. The molecule has 1 unspecified atom stereocenters. The molecular formula is C16H18ClNO3. The quantitative estimate of drug-likeness (QED) is 0.902. The molecular weight excluding hydrogens is 290 g/mol. The number of halogens is 1. The first-order valence-corrected chi connectivity index (χ1v) is 7.04. The van der Waals surface area contributed by atoms with Gasteiger partial charge in [-0.15, -0.1) is 0 Å². The molecule has 4 nitrogen and oxygen atoms in total. The van der Waals surface area contributed by atoms with E-state index in [2.05, 4.69) is 11.8 Å². The molecule has 1 atom stereocenters. The molecule has 1 heterocycles.